The fraction of sp³-hybridized carbons (Fsp3) is 0.364. The Kier molecular flexibility index (Phi) is 4.60. The third-order valence-corrected chi connectivity index (χ3v) is 2.02. The maximum atomic E-state index is 11.2. The average molecular weight is 225 g/mol. The van der Waals surface area contributed by atoms with Gasteiger partial charge in [-0.3, -0.25) is 0 Å². The fourth-order valence-electron chi connectivity index (χ4n) is 1.14. The van der Waals surface area contributed by atoms with E-state index in [1.165, 1.54) is 7.11 Å². The van der Waals surface area contributed by atoms with Gasteiger partial charge in [0.2, 0.25) is 6.10 Å². The highest BCUT2D eigenvalue weighted by Gasteiger charge is 2.18. The van der Waals surface area contributed by atoms with Crippen molar-refractivity contribution in [3.8, 4) is 11.5 Å². The van der Waals surface area contributed by atoms with Gasteiger partial charge in [0.05, 0.1) is 14.2 Å². The zero-order valence-corrected chi connectivity index (χ0v) is 9.30. The Balaban J connectivity index is 2.66. The Labute approximate surface area is 94.1 Å². The Morgan fingerprint density at radius 1 is 1.25 bits per heavy atom. The number of carbonyl (C=O) groups excluding carboxylic acids is 1. The predicted octanol–water partition coefficient (Wildman–Crippen LogP) is 0.574. The van der Waals surface area contributed by atoms with Crippen molar-refractivity contribution in [2.24, 2.45) is 5.73 Å². The molecule has 0 amide bonds. The van der Waals surface area contributed by atoms with E-state index in [2.05, 4.69) is 4.74 Å². The molecule has 0 aliphatic rings. The van der Waals surface area contributed by atoms with Gasteiger partial charge in [0.15, 0.2) is 0 Å². The lowest BCUT2D eigenvalue weighted by atomic mass is 10.3. The van der Waals surface area contributed by atoms with Gasteiger partial charge in [0.25, 0.3) is 0 Å². The molecular weight excluding hydrogens is 210 g/mol. The molecule has 1 rings (SSSR count). The minimum Gasteiger partial charge on any atom is -0.497 e. The topological polar surface area (TPSA) is 70.8 Å². The smallest absolute Gasteiger partial charge is 0.348 e. The maximum Gasteiger partial charge on any atom is 0.348 e. The summed E-state index contributed by atoms with van der Waals surface area (Å²) in [6.07, 6.45) is -0.779. The average Bonchev–Trinajstić information content (AvgIpc) is 2.35. The molecule has 0 aliphatic carbocycles. The Morgan fingerprint density at radius 2 is 1.81 bits per heavy atom. The van der Waals surface area contributed by atoms with Crippen LogP contribution in [0.25, 0.3) is 0 Å². The van der Waals surface area contributed by atoms with E-state index in [1.54, 1.807) is 31.4 Å². The quantitative estimate of drug-likeness (QED) is 0.742. The van der Waals surface area contributed by atoms with Crippen LogP contribution in [0.1, 0.15) is 0 Å². The molecular formula is C11H15NO4. The largest absolute Gasteiger partial charge is 0.497 e. The van der Waals surface area contributed by atoms with E-state index in [-0.39, 0.29) is 6.54 Å². The summed E-state index contributed by atoms with van der Waals surface area (Å²) in [5.41, 5.74) is 5.40. The summed E-state index contributed by atoms with van der Waals surface area (Å²) in [5.74, 6) is 0.773. The van der Waals surface area contributed by atoms with Crippen molar-refractivity contribution < 1.29 is 19.0 Å². The van der Waals surface area contributed by atoms with Crippen LogP contribution < -0.4 is 15.2 Å². The summed E-state index contributed by atoms with van der Waals surface area (Å²) < 4.78 is 14.9. The van der Waals surface area contributed by atoms with Crippen LogP contribution in [0.3, 0.4) is 0 Å². The van der Waals surface area contributed by atoms with Crippen molar-refractivity contribution in [1.82, 2.24) is 0 Å². The summed E-state index contributed by atoms with van der Waals surface area (Å²) in [6, 6.07) is 6.87. The number of hydrogen-bond donors (Lipinski definition) is 1. The van der Waals surface area contributed by atoms with Crippen LogP contribution >= 0.6 is 0 Å². The molecule has 88 valence electrons. The number of carbonyl (C=O) groups is 1. The van der Waals surface area contributed by atoms with Crippen LogP contribution in [0.4, 0.5) is 0 Å². The molecule has 0 fully saturated rings. The van der Waals surface area contributed by atoms with Crippen molar-refractivity contribution in [1.29, 1.82) is 0 Å². The predicted molar refractivity (Wildman–Crippen MR) is 58.5 cm³/mol. The van der Waals surface area contributed by atoms with Crippen LogP contribution in [0, 0.1) is 0 Å². The van der Waals surface area contributed by atoms with Gasteiger partial charge in [0.1, 0.15) is 11.5 Å². The van der Waals surface area contributed by atoms with Gasteiger partial charge < -0.3 is 19.9 Å². The Bertz CT molecular complexity index is 336. The molecule has 0 aromatic heterocycles. The first kappa shape index (κ1) is 12.3. The van der Waals surface area contributed by atoms with Crippen molar-refractivity contribution in [2.45, 2.75) is 6.10 Å². The summed E-state index contributed by atoms with van der Waals surface area (Å²) in [4.78, 5) is 11.2. The third-order valence-electron chi connectivity index (χ3n) is 2.02. The second-order valence-corrected chi connectivity index (χ2v) is 3.04. The van der Waals surface area contributed by atoms with Crippen molar-refractivity contribution in [2.75, 3.05) is 20.8 Å². The van der Waals surface area contributed by atoms with Crippen LogP contribution in [0.15, 0.2) is 24.3 Å². The summed E-state index contributed by atoms with van der Waals surface area (Å²) >= 11 is 0. The lowest BCUT2D eigenvalue weighted by Crippen LogP contribution is -2.35. The second-order valence-electron chi connectivity index (χ2n) is 3.04. The monoisotopic (exact) mass is 225 g/mol. The SMILES string of the molecule is COC(=O)C(CN)Oc1ccc(OC)cc1. The molecule has 0 saturated carbocycles. The van der Waals surface area contributed by atoms with Crippen LogP contribution in [0.5, 0.6) is 11.5 Å². The molecule has 0 bridgehead atoms. The number of rotatable bonds is 5. The normalized spacial score (nSPS) is 11.7. The molecule has 0 spiro atoms. The molecule has 0 radical (unpaired) electrons. The van der Waals surface area contributed by atoms with E-state index in [0.29, 0.717) is 5.75 Å². The van der Waals surface area contributed by atoms with Gasteiger partial charge in [-0.2, -0.15) is 0 Å². The van der Waals surface area contributed by atoms with E-state index < -0.39 is 12.1 Å². The minimum atomic E-state index is -0.779. The van der Waals surface area contributed by atoms with Crippen molar-refractivity contribution in [3.63, 3.8) is 0 Å². The highest BCUT2D eigenvalue weighted by molar-refractivity contribution is 5.75. The lowest BCUT2D eigenvalue weighted by molar-refractivity contribution is -0.148. The molecule has 1 aromatic carbocycles. The molecule has 1 aromatic rings. The second kappa shape index (κ2) is 5.97. The summed E-state index contributed by atoms with van der Waals surface area (Å²) in [7, 11) is 2.87. The minimum absolute atomic E-state index is 0.0682. The molecule has 0 aliphatic heterocycles. The van der Waals surface area contributed by atoms with Crippen LogP contribution in [-0.4, -0.2) is 32.8 Å². The summed E-state index contributed by atoms with van der Waals surface area (Å²) in [6.45, 7) is 0.0682. The van der Waals surface area contributed by atoms with Gasteiger partial charge in [-0.1, -0.05) is 0 Å². The third kappa shape index (κ3) is 3.13. The van der Waals surface area contributed by atoms with Crippen molar-refractivity contribution in [3.05, 3.63) is 24.3 Å². The molecule has 0 saturated heterocycles. The number of ether oxygens (including phenoxy) is 3. The zero-order chi connectivity index (χ0) is 12.0. The highest BCUT2D eigenvalue weighted by Crippen LogP contribution is 2.18. The molecule has 2 N–H and O–H groups in total. The Morgan fingerprint density at radius 3 is 2.25 bits per heavy atom. The molecule has 1 unspecified atom stereocenters. The van der Waals surface area contributed by atoms with Crippen molar-refractivity contribution >= 4 is 5.97 Å². The Hall–Kier alpha value is -1.75. The first-order valence-electron chi connectivity index (χ1n) is 4.80. The molecule has 1 atom stereocenters. The van der Waals surface area contributed by atoms with Crippen LogP contribution in [-0.2, 0) is 9.53 Å². The van der Waals surface area contributed by atoms with Gasteiger partial charge in [-0.25, -0.2) is 4.79 Å². The first-order valence-corrected chi connectivity index (χ1v) is 4.80. The standard InChI is InChI=1S/C11H15NO4/c1-14-8-3-5-9(6-4-8)16-10(7-12)11(13)15-2/h3-6,10H,7,12H2,1-2H3. The zero-order valence-electron chi connectivity index (χ0n) is 9.30. The van der Waals surface area contributed by atoms with Gasteiger partial charge in [0, 0.05) is 6.54 Å². The van der Waals surface area contributed by atoms with Crippen LogP contribution in [0.2, 0.25) is 0 Å². The maximum absolute atomic E-state index is 11.2. The lowest BCUT2D eigenvalue weighted by Gasteiger charge is -2.14. The molecule has 16 heavy (non-hydrogen) atoms. The number of methoxy groups -OCH3 is 2. The van der Waals surface area contributed by atoms with E-state index in [4.69, 9.17) is 15.2 Å². The van der Waals surface area contributed by atoms with Gasteiger partial charge >= 0.3 is 5.97 Å². The fourth-order valence-corrected chi connectivity index (χ4v) is 1.14. The van der Waals surface area contributed by atoms with E-state index >= 15 is 0 Å². The number of esters is 1. The molecule has 0 heterocycles. The number of nitrogens with two attached hydrogens (primary N) is 1. The number of hydrogen-bond acceptors (Lipinski definition) is 5. The number of benzene rings is 1. The van der Waals surface area contributed by atoms with E-state index in [0.717, 1.165) is 5.75 Å². The van der Waals surface area contributed by atoms with Gasteiger partial charge in [-0.05, 0) is 24.3 Å². The molecule has 5 heteroatoms. The highest BCUT2D eigenvalue weighted by atomic mass is 16.6. The molecule has 5 nitrogen and oxygen atoms in total. The first-order chi connectivity index (χ1) is 7.71. The summed E-state index contributed by atoms with van der Waals surface area (Å²) in [5, 5.41) is 0. The van der Waals surface area contributed by atoms with Gasteiger partial charge in [-0.15, -0.1) is 0 Å². The van der Waals surface area contributed by atoms with E-state index in [9.17, 15) is 4.79 Å². The van der Waals surface area contributed by atoms with E-state index in [1.807, 2.05) is 0 Å².